The molecule has 6 heteroatoms. The van der Waals surface area contributed by atoms with Crippen LogP contribution in [0.4, 0.5) is 0 Å². The third-order valence-corrected chi connectivity index (χ3v) is 2.26. The summed E-state index contributed by atoms with van der Waals surface area (Å²) in [4.78, 5) is 22.6. The Morgan fingerprint density at radius 1 is 1.39 bits per heavy atom. The van der Waals surface area contributed by atoms with Crippen molar-refractivity contribution in [2.24, 2.45) is 5.84 Å². The van der Waals surface area contributed by atoms with Crippen molar-refractivity contribution >= 4 is 11.9 Å². The summed E-state index contributed by atoms with van der Waals surface area (Å²) < 4.78 is 4.87. The van der Waals surface area contributed by atoms with E-state index in [2.05, 4.69) is 0 Å². The molecule has 0 fully saturated rings. The van der Waals surface area contributed by atoms with E-state index < -0.39 is 18.0 Å². The smallest absolute Gasteiger partial charge is 0.335 e. The van der Waals surface area contributed by atoms with Gasteiger partial charge in [0.15, 0.2) is 6.10 Å². The highest BCUT2D eigenvalue weighted by Gasteiger charge is 2.21. The molecule has 0 aliphatic carbocycles. The summed E-state index contributed by atoms with van der Waals surface area (Å²) in [6.07, 6.45) is -1.88. The van der Waals surface area contributed by atoms with Crippen molar-refractivity contribution < 1.29 is 19.4 Å². The van der Waals surface area contributed by atoms with Gasteiger partial charge in [0.2, 0.25) is 5.91 Å². The number of esters is 1. The van der Waals surface area contributed by atoms with Gasteiger partial charge in [0, 0.05) is 7.05 Å². The lowest BCUT2D eigenvalue weighted by atomic mass is 10.2. The molecule has 1 aromatic carbocycles. The molecule has 0 heterocycles. The van der Waals surface area contributed by atoms with Crippen LogP contribution in [0, 0.1) is 0 Å². The third kappa shape index (κ3) is 4.52. The fourth-order valence-corrected chi connectivity index (χ4v) is 1.22. The lowest BCUT2D eigenvalue weighted by Crippen LogP contribution is -2.37. The number of rotatable bonds is 5. The van der Waals surface area contributed by atoms with E-state index in [1.807, 2.05) is 18.2 Å². The number of hydrogen-bond donors (Lipinski definition) is 2. The van der Waals surface area contributed by atoms with Crippen molar-refractivity contribution in [1.82, 2.24) is 5.01 Å². The van der Waals surface area contributed by atoms with Crippen molar-refractivity contribution in [3.8, 4) is 0 Å². The fraction of sp³-hybridized carbons (Fsp3) is 0.333. The molecule has 0 aliphatic rings. The molecule has 1 unspecified atom stereocenters. The second kappa shape index (κ2) is 6.73. The highest BCUT2D eigenvalue weighted by atomic mass is 16.5. The van der Waals surface area contributed by atoms with Crippen molar-refractivity contribution in [1.29, 1.82) is 0 Å². The highest BCUT2D eigenvalue weighted by Crippen LogP contribution is 2.03. The average Bonchev–Trinajstić information content (AvgIpc) is 2.36. The number of amides is 1. The van der Waals surface area contributed by atoms with Crippen LogP contribution in [0.25, 0.3) is 0 Å². The molecule has 6 nitrogen and oxygen atoms in total. The van der Waals surface area contributed by atoms with E-state index in [1.165, 1.54) is 7.05 Å². The van der Waals surface area contributed by atoms with Crippen molar-refractivity contribution in [3.05, 3.63) is 35.9 Å². The van der Waals surface area contributed by atoms with Gasteiger partial charge in [-0.25, -0.2) is 10.6 Å². The molecule has 1 aromatic rings. The third-order valence-electron chi connectivity index (χ3n) is 2.26. The minimum Gasteiger partial charge on any atom is -0.459 e. The molecule has 98 valence electrons. The molecule has 1 atom stereocenters. The van der Waals surface area contributed by atoms with Gasteiger partial charge in [-0.1, -0.05) is 30.3 Å². The normalized spacial score (nSPS) is 11.7. The Kier molecular flexibility index (Phi) is 5.29. The number of nitrogens with two attached hydrogens (primary N) is 1. The number of carbonyl (C=O) groups excluding carboxylic acids is 2. The molecule has 0 bridgehead atoms. The molecule has 0 radical (unpaired) electrons. The van der Waals surface area contributed by atoms with Gasteiger partial charge >= 0.3 is 5.97 Å². The van der Waals surface area contributed by atoms with E-state index in [1.54, 1.807) is 12.1 Å². The van der Waals surface area contributed by atoms with E-state index in [9.17, 15) is 14.7 Å². The van der Waals surface area contributed by atoms with Crippen LogP contribution >= 0.6 is 0 Å². The van der Waals surface area contributed by atoms with Gasteiger partial charge in [-0.05, 0) is 5.56 Å². The van der Waals surface area contributed by atoms with Crippen LogP contribution in [0.15, 0.2) is 30.3 Å². The summed E-state index contributed by atoms with van der Waals surface area (Å²) in [5.74, 6) is 3.79. The molecule has 1 rings (SSSR count). The van der Waals surface area contributed by atoms with E-state index in [-0.39, 0.29) is 13.0 Å². The van der Waals surface area contributed by atoms with Crippen LogP contribution in [-0.2, 0) is 20.9 Å². The number of aliphatic hydroxyl groups excluding tert-OH is 1. The number of hydrazine groups is 1. The number of nitrogens with zero attached hydrogens (tertiary/aromatic N) is 1. The zero-order valence-corrected chi connectivity index (χ0v) is 10.1. The van der Waals surface area contributed by atoms with Crippen molar-refractivity contribution in [3.63, 3.8) is 0 Å². The Labute approximate surface area is 105 Å². The Bertz CT molecular complexity index is 406. The first-order valence-electron chi connectivity index (χ1n) is 5.40. The van der Waals surface area contributed by atoms with Crippen LogP contribution in [0.3, 0.4) is 0 Å². The van der Waals surface area contributed by atoms with E-state index in [4.69, 9.17) is 10.6 Å². The van der Waals surface area contributed by atoms with Crippen LogP contribution in [-0.4, -0.2) is 35.1 Å². The maximum Gasteiger partial charge on any atom is 0.335 e. The minimum absolute atomic E-state index is 0.0589. The first-order valence-corrected chi connectivity index (χ1v) is 5.40. The maximum atomic E-state index is 11.4. The van der Waals surface area contributed by atoms with Gasteiger partial charge in [-0.15, -0.1) is 0 Å². The summed E-state index contributed by atoms with van der Waals surface area (Å²) in [6.45, 7) is 0.0589. The molecule has 0 saturated heterocycles. The second-order valence-electron chi connectivity index (χ2n) is 3.82. The zero-order chi connectivity index (χ0) is 13.5. The second-order valence-corrected chi connectivity index (χ2v) is 3.82. The highest BCUT2D eigenvalue weighted by molar-refractivity contribution is 5.83. The Morgan fingerprint density at radius 2 is 2.00 bits per heavy atom. The number of aliphatic hydroxyl groups is 1. The summed E-state index contributed by atoms with van der Waals surface area (Å²) in [7, 11) is 1.34. The molecule has 0 spiro atoms. The van der Waals surface area contributed by atoms with Crippen molar-refractivity contribution in [2.45, 2.75) is 19.1 Å². The average molecular weight is 252 g/mol. The van der Waals surface area contributed by atoms with Crippen molar-refractivity contribution in [2.75, 3.05) is 7.05 Å². The standard InChI is InChI=1S/C12H16N2O4/c1-14(13)11(16)7-10(15)12(17)18-8-9-5-3-2-4-6-9/h2-6,10,15H,7-8,13H2,1H3. The molecule has 3 N–H and O–H groups in total. The van der Waals surface area contributed by atoms with Crippen LogP contribution in [0.2, 0.25) is 0 Å². The molecule has 1 amide bonds. The first-order chi connectivity index (χ1) is 8.50. The number of carbonyl (C=O) groups is 2. The van der Waals surface area contributed by atoms with Crippen LogP contribution in [0.1, 0.15) is 12.0 Å². The molecular formula is C12H16N2O4. The predicted molar refractivity (Wildman–Crippen MR) is 63.8 cm³/mol. The summed E-state index contributed by atoms with van der Waals surface area (Å²) in [6, 6.07) is 9.05. The summed E-state index contributed by atoms with van der Waals surface area (Å²) >= 11 is 0. The molecule has 0 saturated carbocycles. The van der Waals surface area contributed by atoms with Gasteiger partial charge < -0.3 is 9.84 Å². The molecular weight excluding hydrogens is 236 g/mol. The topological polar surface area (TPSA) is 92.9 Å². The largest absolute Gasteiger partial charge is 0.459 e. The van der Waals surface area contributed by atoms with Gasteiger partial charge in [0.25, 0.3) is 0 Å². The monoisotopic (exact) mass is 252 g/mol. The Balaban J connectivity index is 2.39. The predicted octanol–water partition coefficient (Wildman–Crippen LogP) is -0.187. The molecule has 0 aliphatic heterocycles. The van der Waals surface area contributed by atoms with E-state index in [0.717, 1.165) is 10.6 Å². The van der Waals surface area contributed by atoms with Crippen LogP contribution in [0.5, 0.6) is 0 Å². The van der Waals surface area contributed by atoms with Gasteiger partial charge in [-0.2, -0.15) is 0 Å². The SMILES string of the molecule is CN(N)C(=O)CC(O)C(=O)OCc1ccccc1. The van der Waals surface area contributed by atoms with Gasteiger partial charge in [0.1, 0.15) is 6.61 Å². The van der Waals surface area contributed by atoms with Crippen LogP contribution < -0.4 is 5.84 Å². The summed E-state index contributed by atoms with van der Waals surface area (Å²) in [5, 5.41) is 10.3. The lowest BCUT2D eigenvalue weighted by Gasteiger charge is -2.13. The molecule has 0 aromatic heterocycles. The van der Waals surface area contributed by atoms with E-state index in [0.29, 0.717) is 0 Å². The quantitative estimate of drug-likeness (QED) is 0.328. The lowest BCUT2D eigenvalue weighted by molar-refractivity contribution is -0.157. The first kappa shape index (κ1) is 14.1. The van der Waals surface area contributed by atoms with Gasteiger partial charge in [-0.3, -0.25) is 9.80 Å². The van der Waals surface area contributed by atoms with Gasteiger partial charge in [0.05, 0.1) is 6.42 Å². The fourth-order valence-electron chi connectivity index (χ4n) is 1.22. The number of ether oxygens (including phenoxy) is 1. The maximum absolute atomic E-state index is 11.4. The van der Waals surface area contributed by atoms with E-state index >= 15 is 0 Å². The number of benzene rings is 1. The summed E-state index contributed by atoms with van der Waals surface area (Å²) in [5.41, 5.74) is 0.806. The Morgan fingerprint density at radius 3 is 2.56 bits per heavy atom. The minimum atomic E-state index is -1.49. The zero-order valence-electron chi connectivity index (χ0n) is 10.1. The Hall–Kier alpha value is -1.92. The molecule has 18 heavy (non-hydrogen) atoms. The number of hydrogen-bond acceptors (Lipinski definition) is 5.